The Labute approximate surface area is 211 Å². The van der Waals surface area contributed by atoms with Gasteiger partial charge in [0.15, 0.2) is 0 Å². The number of carbonyl (C=O) groups is 1. The van der Waals surface area contributed by atoms with E-state index in [9.17, 15) is 9.90 Å². The van der Waals surface area contributed by atoms with Gasteiger partial charge in [-0.05, 0) is 36.0 Å². The van der Waals surface area contributed by atoms with E-state index in [-0.39, 0.29) is 23.1 Å². The molecular formula is C31H54O3. The molecule has 0 bridgehead atoms. The molecule has 0 aliphatic carbocycles. The van der Waals surface area contributed by atoms with Crippen molar-refractivity contribution >= 4 is 5.97 Å². The lowest BCUT2D eigenvalue weighted by atomic mass is 9.84. The molecule has 0 aliphatic heterocycles. The van der Waals surface area contributed by atoms with Gasteiger partial charge in [0.2, 0.25) is 0 Å². The highest BCUT2D eigenvalue weighted by molar-refractivity contribution is 5.77. The van der Waals surface area contributed by atoms with Gasteiger partial charge in [0, 0.05) is 0 Å². The van der Waals surface area contributed by atoms with Crippen LogP contribution in [0, 0.1) is 0 Å². The average molecular weight is 475 g/mol. The summed E-state index contributed by atoms with van der Waals surface area (Å²) in [5.41, 5.74) is 1.60. The van der Waals surface area contributed by atoms with Crippen LogP contribution in [0.25, 0.3) is 0 Å². The maximum atomic E-state index is 12.5. The molecule has 1 N–H and O–H groups in total. The zero-order chi connectivity index (χ0) is 25.2. The molecule has 196 valence electrons. The maximum Gasteiger partial charge on any atom is 0.313 e. The number of hydrogen-bond acceptors (Lipinski definition) is 3. The van der Waals surface area contributed by atoms with Crippen LogP contribution < -0.4 is 0 Å². The number of hydrogen-bond donors (Lipinski definition) is 1. The lowest BCUT2D eigenvalue weighted by molar-refractivity contribution is -0.145. The highest BCUT2D eigenvalue weighted by Gasteiger charge is 2.22. The summed E-state index contributed by atoms with van der Waals surface area (Å²) in [6.45, 7) is 10.9. The van der Waals surface area contributed by atoms with Crippen LogP contribution in [0.3, 0.4) is 0 Å². The highest BCUT2D eigenvalue weighted by atomic mass is 16.5. The van der Waals surface area contributed by atoms with Gasteiger partial charge in [0.05, 0.1) is 12.5 Å². The minimum Gasteiger partial charge on any atom is -0.508 e. The van der Waals surface area contributed by atoms with Gasteiger partial charge in [-0.1, -0.05) is 136 Å². The van der Waals surface area contributed by atoms with Gasteiger partial charge in [-0.3, -0.25) is 4.79 Å². The van der Waals surface area contributed by atoms with Crippen LogP contribution >= 0.6 is 0 Å². The topological polar surface area (TPSA) is 46.5 Å². The Morgan fingerprint density at radius 2 is 1.24 bits per heavy atom. The van der Waals surface area contributed by atoms with Crippen molar-refractivity contribution in [3.63, 3.8) is 0 Å². The molecule has 1 aromatic rings. The molecule has 34 heavy (non-hydrogen) atoms. The normalized spacial score (nSPS) is 12.6. The zero-order valence-electron chi connectivity index (χ0n) is 23.1. The second kappa shape index (κ2) is 17.9. The van der Waals surface area contributed by atoms with Crippen molar-refractivity contribution in [1.82, 2.24) is 0 Å². The van der Waals surface area contributed by atoms with E-state index in [1.807, 2.05) is 19.1 Å². The van der Waals surface area contributed by atoms with Crippen LogP contribution in [0.2, 0.25) is 0 Å². The number of ether oxygens (including phenoxy) is 1. The van der Waals surface area contributed by atoms with Crippen LogP contribution in [0.1, 0.15) is 154 Å². The van der Waals surface area contributed by atoms with Crippen molar-refractivity contribution in [3.05, 3.63) is 29.3 Å². The molecule has 1 atom stereocenters. The third kappa shape index (κ3) is 13.4. The Bertz CT molecular complexity index is 659. The van der Waals surface area contributed by atoms with Gasteiger partial charge in [0.1, 0.15) is 5.75 Å². The Morgan fingerprint density at radius 1 is 0.794 bits per heavy atom. The van der Waals surface area contributed by atoms with E-state index in [2.05, 4.69) is 27.7 Å². The minimum absolute atomic E-state index is 0.169. The van der Waals surface area contributed by atoms with E-state index >= 15 is 0 Å². The van der Waals surface area contributed by atoms with Crippen LogP contribution in [-0.4, -0.2) is 17.7 Å². The quantitative estimate of drug-likeness (QED) is 0.160. The largest absolute Gasteiger partial charge is 0.508 e. The molecule has 1 unspecified atom stereocenters. The van der Waals surface area contributed by atoms with Crippen molar-refractivity contribution in [2.45, 2.75) is 149 Å². The first-order valence-electron chi connectivity index (χ1n) is 14.3. The molecule has 0 amide bonds. The molecule has 0 aromatic heterocycles. The smallest absolute Gasteiger partial charge is 0.313 e. The van der Waals surface area contributed by atoms with Crippen LogP contribution in [0.4, 0.5) is 0 Å². The fraction of sp³-hybridized carbons (Fsp3) is 0.774. The summed E-state index contributed by atoms with van der Waals surface area (Å²) in [6, 6.07) is 5.45. The Balaban J connectivity index is 2.02. The van der Waals surface area contributed by atoms with E-state index in [1.165, 1.54) is 89.9 Å². The summed E-state index contributed by atoms with van der Waals surface area (Å²) in [4.78, 5) is 12.5. The molecule has 0 heterocycles. The summed E-state index contributed by atoms with van der Waals surface area (Å²) in [5, 5.41) is 10.1. The molecule has 0 aliphatic rings. The van der Waals surface area contributed by atoms with E-state index in [0.29, 0.717) is 6.61 Å². The fourth-order valence-corrected chi connectivity index (χ4v) is 4.51. The third-order valence-corrected chi connectivity index (χ3v) is 6.92. The second-order valence-electron chi connectivity index (χ2n) is 11.2. The van der Waals surface area contributed by atoms with Gasteiger partial charge < -0.3 is 9.84 Å². The van der Waals surface area contributed by atoms with E-state index in [4.69, 9.17) is 4.74 Å². The van der Waals surface area contributed by atoms with Crippen LogP contribution in [0.5, 0.6) is 5.75 Å². The highest BCUT2D eigenvalue weighted by Crippen LogP contribution is 2.33. The number of unbranched alkanes of at least 4 members (excludes halogenated alkanes) is 15. The van der Waals surface area contributed by atoms with E-state index < -0.39 is 0 Å². The van der Waals surface area contributed by atoms with Crippen molar-refractivity contribution in [3.8, 4) is 5.75 Å². The van der Waals surface area contributed by atoms with Gasteiger partial charge in [0.25, 0.3) is 0 Å². The average Bonchev–Trinajstić information content (AvgIpc) is 2.80. The first kappa shape index (κ1) is 30.5. The molecular weight excluding hydrogens is 420 g/mol. The number of rotatable bonds is 19. The summed E-state index contributed by atoms with van der Waals surface area (Å²) < 4.78 is 5.53. The summed E-state index contributed by atoms with van der Waals surface area (Å²) >= 11 is 0. The molecule has 3 heteroatoms. The lowest BCUT2D eigenvalue weighted by Crippen LogP contribution is -2.16. The molecule has 0 radical (unpaired) electrons. The first-order chi connectivity index (χ1) is 16.3. The van der Waals surface area contributed by atoms with Crippen LogP contribution in [0.15, 0.2) is 18.2 Å². The monoisotopic (exact) mass is 474 g/mol. The van der Waals surface area contributed by atoms with Gasteiger partial charge in [-0.25, -0.2) is 0 Å². The zero-order valence-corrected chi connectivity index (χ0v) is 23.1. The van der Waals surface area contributed by atoms with E-state index in [0.717, 1.165) is 24.0 Å². The molecule has 0 saturated carbocycles. The number of benzene rings is 1. The fourth-order valence-electron chi connectivity index (χ4n) is 4.51. The molecule has 0 spiro atoms. The second-order valence-corrected chi connectivity index (χ2v) is 11.2. The Morgan fingerprint density at radius 3 is 1.68 bits per heavy atom. The van der Waals surface area contributed by atoms with Crippen molar-refractivity contribution in [1.29, 1.82) is 0 Å². The summed E-state index contributed by atoms with van der Waals surface area (Å²) in [5.74, 6) is -0.209. The molecule has 1 rings (SSSR count). The summed E-state index contributed by atoms with van der Waals surface area (Å²) in [6.07, 6.45) is 21.4. The Hall–Kier alpha value is -1.51. The van der Waals surface area contributed by atoms with Crippen molar-refractivity contribution in [2.24, 2.45) is 0 Å². The van der Waals surface area contributed by atoms with E-state index in [1.54, 1.807) is 6.07 Å². The number of esters is 1. The SMILES string of the molecule is CCCCCCCCCCCCCCCCCCOC(=O)C(C)c1ccc(O)c(C(C)(C)C)c1. The maximum absolute atomic E-state index is 12.5. The number of phenolic OH excluding ortho intramolecular Hbond substituents is 1. The molecule has 1 aromatic carbocycles. The Kier molecular flexibility index (Phi) is 16.0. The number of phenols is 1. The predicted molar refractivity (Wildman–Crippen MR) is 146 cm³/mol. The van der Waals surface area contributed by atoms with Gasteiger partial charge in [-0.15, -0.1) is 0 Å². The number of aromatic hydroxyl groups is 1. The minimum atomic E-state index is -0.317. The van der Waals surface area contributed by atoms with Crippen LogP contribution in [-0.2, 0) is 14.9 Å². The van der Waals surface area contributed by atoms with Gasteiger partial charge in [-0.2, -0.15) is 0 Å². The first-order valence-corrected chi connectivity index (χ1v) is 14.3. The van der Waals surface area contributed by atoms with Gasteiger partial charge >= 0.3 is 5.97 Å². The molecule has 3 nitrogen and oxygen atoms in total. The summed E-state index contributed by atoms with van der Waals surface area (Å²) in [7, 11) is 0. The predicted octanol–water partition coefficient (Wildman–Crippen LogP) is 9.60. The van der Waals surface area contributed by atoms with Crippen molar-refractivity contribution in [2.75, 3.05) is 6.61 Å². The molecule has 0 fully saturated rings. The number of carbonyl (C=O) groups excluding carboxylic acids is 1. The third-order valence-electron chi connectivity index (χ3n) is 6.92. The van der Waals surface area contributed by atoms with Crippen molar-refractivity contribution < 1.29 is 14.6 Å². The standard InChI is InChI=1S/C31H54O3/c1-6-7-8-9-10-11-12-13-14-15-16-17-18-19-20-21-24-34-30(33)26(2)27-22-23-29(32)28(25-27)31(3,4)5/h22-23,25-26,32H,6-21,24H2,1-5H3. The lowest BCUT2D eigenvalue weighted by Gasteiger charge is -2.22. The molecule has 0 saturated heterocycles.